The zero-order chi connectivity index (χ0) is 14.5. The van der Waals surface area contributed by atoms with Crippen molar-refractivity contribution in [3.63, 3.8) is 0 Å². The van der Waals surface area contributed by atoms with Crippen LogP contribution in [0.15, 0.2) is 0 Å². The smallest absolute Gasteiger partial charge is 0.323 e. The molecule has 0 aromatic carbocycles. The van der Waals surface area contributed by atoms with Crippen LogP contribution in [0.5, 0.6) is 0 Å². The van der Waals surface area contributed by atoms with Gasteiger partial charge in [0.1, 0.15) is 13.1 Å². The van der Waals surface area contributed by atoms with E-state index in [1.807, 2.05) is 6.92 Å². The van der Waals surface area contributed by atoms with Crippen molar-refractivity contribution in [1.29, 1.82) is 0 Å². The number of urea groups is 1. The third-order valence-electron chi connectivity index (χ3n) is 3.33. The molecule has 1 saturated carbocycles. The second-order valence-corrected chi connectivity index (χ2v) is 5.27. The van der Waals surface area contributed by atoms with Gasteiger partial charge in [-0.3, -0.25) is 9.59 Å². The van der Waals surface area contributed by atoms with Gasteiger partial charge in [0.25, 0.3) is 0 Å². The van der Waals surface area contributed by atoms with Crippen molar-refractivity contribution < 1.29 is 19.5 Å². The molecule has 0 saturated heterocycles. The number of aliphatic carboxylic acids is 1. The summed E-state index contributed by atoms with van der Waals surface area (Å²) in [4.78, 5) is 34.5. The highest BCUT2D eigenvalue weighted by atomic mass is 16.4. The molecule has 0 aromatic heterocycles. The second-order valence-electron chi connectivity index (χ2n) is 5.27. The van der Waals surface area contributed by atoms with Crippen LogP contribution in [0.1, 0.15) is 39.0 Å². The molecular formula is C12H21N3O4. The lowest BCUT2D eigenvalue weighted by Gasteiger charge is -2.36. The first-order valence-electron chi connectivity index (χ1n) is 6.39. The maximum absolute atomic E-state index is 12.0. The van der Waals surface area contributed by atoms with Gasteiger partial charge < -0.3 is 21.1 Å². The van der Waals surface area contributed by atoms with Crippen LogP contribution in [-0.2, 0) is 9.59 Å². The number of carbonyl (C=O) groups excluding carboxylic acids is 2. The highest BCUT2D eigenvalue weighted by Crippen LogP contribution is 2.27. The van der Waals surface area contributed by atoms with Crippen LogP contribution in [0, 0.1) is 0 Å². The fraction of sp³-hybridized carbons (Fsp3) is 0.750. The number of amides is 3. The summed E-state index contributed by atoms with van der Waals surface area (Å²) >= 11 is 0. The average molecular weight is 271 g/mol. The van der Waals surface area contributed by atoms with Crippen LogP contribution in [-0.4, -0.2) is 46.5 Å². The summed E-state index contributed by atoms with van der Waals surface area (Å²) in [5, 5.41) is 11.6. The van der Waals surface area contributed by atoms with Gasteiger partial charge in [0.2, 0.25) is 5.91 Å². The van der Waals surface area contributed by atoms with Gasteiger partial charge in [-0.1, -0.05) is 19.3 Å². The Labute approximate surface area is 112 Å². The molecule has 0 aromatic rings. The van der Waals surface area contributed by atoms with Crippen molar-refractivity contribution in [3.8, 4) is 0 Å². The number of rotatable bonds is 5. The zero-order valence-electron chi connectivity index (χ0n) is 11.1. The predicted molar refractivity (Wildman–Crippen MR) is 68.4 cm³/mol. The summed E-state index contributed by atoms with van der Waals surface area (Å²) in [5.41, 5.74) is 4.69. The van der Waals surface area contributed by atoms with Crippen molar-refractivity contribution in [2.45, 2.75) is 44.6 Å². The standard InChI is InChI=1S/C12H21N3O4/c1-12(5-3-2-4-6-12)14-11(19)15(7-9(13)16)8-10(17)18/h2-8H2,1H3,(H2,13,16)(H,14,19)(H,17,18). The van der Waals surface area contributed by atoms with Crippen molar-refractivity contribution in [2.75, 3.05) is 13.1 Å². The number of primary amides is 1. The molecule has 4 N–H and O–H groups in total. The van der Waals surface area contributed by atoms with Gasteiger partial charge in [0.05, 0.1) is 0 Å². The number of nitrogens with one attached hydrogen (secondary N) is 1. The van der Waals surface area contributed by atoms with E-state index in [-0.39, 0.29) is 5.54 Å². The van der Waals surface area contributed by atoms with Crippen LogP contribution < -0.4 is 11.1 Å². The first kappa shape index (κ1) is 15.3. The maximum atomic E-state index is 12.0. The molecule has 1 rings (SSSR count). The first-order chi connectivity index (χ1) is 8.82. The Morgan fingerprint density at radius 1 is 1.21 bits per heavy atom. The van der Waals surface area contributed by atoms with Gasteiger partial charge in [-0.05, 0) is 19.8 Å². The van der Waals surface area contributed by atoms with E-state index in [9.17, 15) is 14.4 Å². The number of hydrogen-bond donors (Lipinski definition) is 3. The summed E-state index contributed by atoms with van der Waals surface area (Å²) in [6, 6.07) is -0.550. The summed E-state index contributed by atoms with van der Waals surface area (Å²) in [6.07, 6.45) is 4.93. The Morgan fingerprint density at radius 2 is 1.79 bits per heavy atom. The molecule has 3 amide bonds. The van der Waals surface area contributed by atoms with E-state index < -0.39 is 31.0 Å². The van der Waals surface area contributed by atoms with E-state index in [1.165, 1.54) is 0 Å². The summed E-state index contributed by atoms with van der Waals surface area (Å²) in [5.74, 6) is -1.91. The molecule has 0 bridgehead atoms. The quantitative estimate of drug-likeness (QED) is 0.667. The molecule has 0 radical (unpaired) electrons. The first-order valence-corrected chi connectivity index (χ1v) is 6.39. The molecule has 0 atom stereocenters. The third kappa shape index (κ3) is 5.15. The van der Waals surface area contributed by atoms with Gasteiger partial charge in [-0.25, -0.2) is 4.79 Å². The van der Waals surface area contributed by atoms with Crippen LogP contribution >= 0.6 is 0 Å². The zero-order valence-corrected chi connectivity index (χ0v) is 11.1. The Hall–Kier alpha value is -1.79. The molecule has 7 heteroatoms. The number of nitrogens with two attached hydrogens (primary N) is 1. The monoisotopic (exact) mass is 271 g/mol. The summed E-state index contributed by atoms with van der Waals surface area (Å²) in [6.45, 7) is 1.01. The van der Waals surface area contributed by atoms with Crippen molar-refractivity contribution in [2.24, 2.45) is 5.73 Å². The second kappa shape index (κ2) is 6.40. The average Bonchev–Trinajstić information content (AvgIpc) is 2.27. The number of carboxylic acid groups (broad SMARTS) is 1. The van der Waals surface area contributed by atoms with E-state index in [4.69, 9.17) is 10.8 Å². The van der Waals surface area contributed by atoms with E-state index in [0.29, 0.717) is 0 Å². The lowest BCUT2D eigenvalue weighted by Crippen LogP contribution is -2.54. The Bertz CT molecular complexity index is 348. The van der Waals surface area contributed by atoms with Gasteiger partial charge >= 0.3 is 12.0 Å². The van der Waals surface area contributed by atoms with Crippen molar-refractivity contribution in [3.05, 3.63) is 0 Å². The van der Waals surface area contributed by atoms with Crippen LogP contribution in [0.3, 0.4) is 0 Å². The minimum atomic E-state index is -1.18. The lowest BCUT2D eigenvalue weighted by molar-refractivity contribution is -0.137. The van der Waals surface area contributed by atoms with E-state index >= 15 is 0 Å². The predicted octanol–water partition coefficient (Wildman–Crippen LogP) is 0.291. The SMILES string of the molecule is CC1(NC(=O)N(CC(N)=O)CC(=O)O)CCCCC1. The molecule has 1 fully saturated rings. The van der Waals surface area contributed by atoms with Crippen LogP contribution in [0.2, 0.25) is 0 Å². The number of hydrogen-bond acceptors (Lipinski definition) is 3. The summed E-state index contributed by atoms with van der Waals surface area (Å²) < 4.78 is 0. The van der Waals surface area contributed by atoms with Crippen LogP contribution in [0.4, 0.5) is 4.79 Å². The highest BCUT2D eigenvalue weighted by Gasteiger charge is 2.31. The van der Waals surface area contributed by atoms with Gasteiger partial charge in [-0.15, -0.1) is 0 Å². The highest BCUT2D eigenvalue weighted by molar-refractivity contribution is 5.86. The Kier molecular flexibility index (Phi) is 5.14. The fourth-order valence-corrected chi connectivity index (χ4v) is 2.35. The molecule has 19 heavy (non-hydrogen) atoms. The number of carbonyl (C=O) groups is 3. The maximum Gasteiger partial charge on any atom is 0.323 e. The van der Waals surface area contributed by atoms with E-state index in [0.717, 1.165) is 37.0 Å². The molecule has 108 valence electrons. The minimum Gasteiger partial charge on any atom is -0.480 e. The van der Waals surface area contributed by atoms with Gasteiger partial charge in [0, 0.05) is 5.54 Å². The molecule has 1 aliphatic carbocycles. The molecule has 0 aliphatic heterocycles. The topological polar surface area (TPSA) is 113 Å². The van der Waals surface area contributed by atoms with Gasteiger partial charge in [-0.2, -0.15) is 0 Å². The molecule has 7 nitrogen and oxygen atoms in total. The number of nitrogens with zero attached hydrogens (tertiary/aromatic N) is 1. The third-order valence-corrected chi connectivity index (χ3v) is 3.33. The Morgan fingerprint density at radius 3 is 2.26 bits per heavy atom. The molecule has 1 aliphatic rings. The Balaban J connectivity index is 2.64. The van der Waals surface area contributed by atoms with E-state index in [1.54, 1.807) is 0 Å². The molecule has 0 heterocycles. The minimum absolute atomic E-state index is 0.330. The van der Waals surface area contributed by atoms with E-state index in [2.05, 4.69) is 5.32 Å². The van der Waals surface area contributed by atoms with Gasteiger partial charge in [0.15, 0.2) is 0 Å². The molecule has 0 spiro atoms. The summed E-state index contributed by atoms with van der Waals surface area (Å²) in [7, 11) is 0. The molecular weight excluding hydrogens is 250 g/mol. The van der Waals surface area contributed by atoms with Crippen molar-refractivity contribution >= 4 is 17.9 Å². The van der Waals surface area contributed by atoms with Crippen molar-refractivity contribution in [1.82, 2.24) is 10.2 Å². The lowest BCUT2D eigenvalue weighted by atomic mass is 9.83. The largest absolute Gasteiger partial charge is 0.480 e. The fourth-order valence-electron chi connectivity index (χ4n) is 2.35. The number of carboxylic acids is 1. The normalized spacial score (nSPS) is 17.5. The molecule has 0 unspecified atom stereocenters. The van der Waals surface area contributed by atoms with Crippen LogP contribution in [0.25, 0.3) is 0 Å².